The predicted molar refractivity (Wildman–Crippen MR) is 81.6 cm³/mol. The molecule has 0 saturated heterocycles. The first-order valence-electron chi connectivity index (χ1n) is 5.80. The van der Waals surface area contributed by atoms with Crippen LogP contribution in [0.3, 0.4) is 0 Å². The fourth-order valence-corrected chi connectivity index (χ4v) is 1.13. The summed E-state index contributed by atoms with van der Waals surface area (Å²) in [6, 6.07) is 0. The monoisotopic (exact) mass is 242 g/mol. The Hall–Kier alpha value is -2.22. The van der Waals surface area contributed by atoms with Gasteiger partial charge in [-0.25, -0.2) is 0 Å². The van der Waals surface area contributed by atoms with Crippen LogP contribution in [0.5, 0.6) is 0 Å². The Morgan fingerprint density at radius 2 is 1.33 bits per heavy atom. The van der Waals surface area contributed by atoms with Gasteiger partial charge in [0.1, 0.15) is 0 Å². The second-order valence-corrected chi connectivity index (χ2v) is 3.62. The summed E-state index contributed by atoms with van der Waals surface area (Å²) in [6.07, 6.45) is 13.3. The van der Waals surface area contributed by atoms with Crippen molar-refractivity contribution in [3.63, 3.8) is 0 Å². The van der Waals surface area contributed by atoms with Gasteiger partial charge in [-0.3, -0.25) is 0 Å². The molecule has 0 aliphatic carbocycles. The molecule has 4 N–H and O–H groups in total. The molecule has 0 aliphatic heterocycles. The average Bonchev–Trinajstić information content (AvgIpc) is 2.41. The standard InChI is InChI=1S/C16H22N2/c1-5-13(9-11-15(17)7-3)14(6-2)10-12-16(18)8-4/h5-7,9-12H,1-3,8,17-18H2,4H3/b13-9+,14-10+,15-11+,16-12+. The fraction of sp³-hybridized carbons (Fsp3) is 0.125. The van der Waals surface area contributed by atoms with E-state index in [1.807, 2.05) is 25.2 Å². The van der Waals surface area contributed by atoms with Crippen molar-refractivity contribution >= 4 is 0 Å². The zero-order valence-electron chi connectivity index (χ0n) is 11.0. The Balaban J connectivity index is 5.30. The predicted octanol–water partition coefficient (Wildman–Crippen LogP) is 3.49. The van der Waals surface area contributed by atoms with Gasteiger partial charge in [0.2, 0.25) is 0 Å². The molecule has 0 unspecified atom stereocenters. The summed E-state index contributed by atoms with van der Waals surface area (Å²) >= 11 is 0. The van der Waals surface area contributed by atoms with Crippen LogP contribution in [0.25, 0.3) is 0 Å². The molecular formula is C16H22N2. The third kappa shape index (κ3) is 5.75. The van der Waals surface area contributed by atoms with Gasteiger partial charge in [-0.1, -0.05) is 51.0 Å². The van der Waals surface area contributed by atoms with Crippen LogP contribution >= 0.6 is 0 Å². The van der Waals surface area contributed by atoms with Crippen molar-refractivity contribution in [1.29, 1.82) is 0 Å². The van der Waals surface area contributed by atoms with Crippen molar-refractivity contribution in [2.24, 2.45) is 11.5 Å². The van der Waals surface area contributed by atoms with Crippen LogP contribution in [-0.2, 0) is 0 Å². The summed E-state index contributed by atoms with van der Waals surface area (Å²) in [5.74, 6) is 0. The van der Waals surface area contributed by atoms with Crippen molar-refractivity contribution in [2.45, 2.75) is 13.3 Å². The summed E-state index contributed by atoms with van der Waals surface area (Å²) in [7, 11) is 0. The highest BCUT2D eigenvalue weighted by Gasteiger charge is 1.95. The van der Waals surface area contributed by atoms with E-state index in [9.17, 15) is 0 Å². The van der Waals surface area contributed by atoms with Crippen molar-refractivity contribution in [2.75, 3.05) is 0 Å². The molecule has 2 nitrogen and oxygen atoms in total. The van der Waals surface area contributed by atoms with Crippen molar-refractivity contribution in [3.05, 3.63) is 84.8 Å². The molecule has 0 bridgehead atoms. The molecular weight excluding hydrogens is 220 g/mol. The lowest BCUT2D eigenvalue weighted by Gasteiger charge is -2.02. The largest absolute Gasteiger partial charge is 0.402 e. The third-order valence-corrected chi connectivity index (χ3v) is 2.35. The summed E-state index contributed by atoms with van der Waals surface area (Å²) in [6.45, 7) is 13.2. The normalized spacial score (nSPS) is 14.3. The maximum Gasteiger partial charge on any atom is 0.0308 e. The Morgan fingerprint density at radius 3 is 1.72 bits per heavy atom. The zero-order valence-corrected chi connectivity index (χ0v) is 11.0. The minimum Gasteiger partial charge on any atom is -0.402 e. The lowest BCUT2D eigenvalue weighted by Crippen LogP contribution is -1.94. The van der Waals surface area contributed by atoms with Crippen molar-refractivity contribution in [3.8, 4) is 0 Å². The molecule has 0 atom stereocenters. The molecule has 18 heavy (non-hydrogen) atoms. The number of rotatable bonds is 7. The van der Waals surface area contributed by atoms with Gasteiger partial charge in [-0.15, -0.1) is 0 Å². The molecule has 0 saturated carbocycles. The van der Waals surface area contributed by atoms with Crippen LogP contribution in [0.2, 0.25) is 0 Å². The molecule has 0 aromatic heterocycles. The number of allylic oxidation sites excluding steroid dienone is 10. The van der Waals surface area contributed by atoms with Gasteiger partial charge >= 0.3 is 0 Å². The molecule has 2 heteroatoms. The quantitative estimate of drug-likeness (QED) is 0.671. The smallest absolute Gasteiger partial charge is 0.0308 e. The molecule has 0 rings (SSSR count). The highest BCUT2D eigenvalue weighted by molar-refractivity contribution is 5.49. The van der Waals surface area contributed by atoms with Crippen molar-refractivity contribution < 1.29 is 0 Å². The van der Waals surface area contributed by atoms with Crippen LogP contribution in [0.4, 0.5) is 0 Å². The number of hydrogen-bond donors (Lipinski definition) is 2. The van der Waals surface area contributed by atoms with Gasteiger partial charge in [0.25, 0.3) is 0 Å². The van der Waals surface area contributed by atoms with E-state index >= 15 is 0 Å². The minimum absolute atomic E-state index is 0.598. The third-order valence-electron chi connectivity index (χ3n) is 2.35. The molecule has 0 aromatic rings. The highest BCUT2D eigenvalue weighted by Crippen LogP contribution is 2.13. The highest BCUT2D eigenvalue weighted by atomic mass is 14.6. The van der Waals surface area contributed by atoms with Crippen LogP contribution < -0.4 is 11.5 Å². The second kappa shape index (κ2) is 8.88. The van der Waals surface area contributed by atoms with Gasteiger partial charge in [-0.05, 0) is 35.8 Å². The Labute approximate surface area is 110 Å². The first-order valence-corrected chi connectivity index (χ1v) is 5.80. The Bertz CT molecular complexity index is 432. The molecule has 0 aliphatic rings. The first-order chi connectivity index (χ1) is 8.58. The van der Waals surface area contributed by atoms with Crippen LogP contribution in [0, 0.1) is 0 Å². The number of nitrogens with two attached hydrogens (primary N) is 2. The molecule has 0 aromatic carbocycles. The summed E-state index contributed by atoms with van der Waals surface area (Å²) in [4.78, 5) is 0. The van der Waals surface area contributed by atoms with Crippen LogP contribution in [-0.4, -0.2) is 0 Å². The van der Waals surface area contributed by atoms with Gasteiger partial charge in [0.05, 0.1) is 0 Å². The zero-order chi connectivity index (χ0) is 14.0. The maximum absolute atomic E-state index is 5.75. The molecule has 0 heterocycles. The van der Waals surface area contributed by atoms with Gasteiger partial charge in [0.15, 0.2) is 0 Å². The molecule has 96 valence electrons. The SMILES string of the molecule is C=C\C(N)=C/C=C(C=C)/C(C=C)=C/C=C(/N)CC. The van der Waals surface area contributed by atoms with E-state index in [0.717, 1.165) is 23.3 Å². The average molecular weight is 242 g/mol. The summed E-state index contributed by atoms with van der Waals surface area (Å²) in [5, 5.41) is 0. The summed E-state index contributed by atoms with van der Waals surface area (Å²) < 4.78 is 0. The van der Waals surface area contributed by atoms with Gasteiger partial charge < -0.3 is 11.5 Å². The van der Waals surface area contributed by atoms with E-state index in [0.29, 0.717) is 5.70 Å². The van der Waals surface area contributed by atoms with E-state index in [-0.39, 0.29) is 0 Å². The minimum atomic E-state index is 0.598. The second-order valence-electron chi connectivity index (χ2n) is 3.62. The van der Waals surface area contributed by atoms with Crippen molar-refractivity contribution in [1.82, 2.24) is 0 Å². The lowest BCUT2D eigenvalue weighted by atomic mass is 10.0. The van der Waals surface area contributed by atoms with E-state index in [1.165, 1.54) is 0 Å². The van der Waals surface area contributed by atoms with Crippen LogP contribution in [0.1, 0.15) is 13.3 Å². The Morgan fingerprint density at radius 1 is 0.833 bits per heavy atom. The lowest BCUT2D eigenvalue weighted by molar-refractivity contribution is 1.07. The maximum atomic E-state index is 5.75. The number of hydrogen-bond acceptors (Lipinski definition) is 2. The van der Waals surface area contributed by atoms with Gasteiger partial charge in [0, 0.05) is 11.4 Å². The molecule has 0 amide bonds. The fourth-order valence-electron chi connectivity index (χ4n) is 1.13. The molecule has 0 fully saturated rings. The van der Waals surface area contributed by atoms with E-state index < -0.39 is 0 Å². The van der Waals surface area contributed by atoms with E-state index in [4.69, 9.17) is 11.5 Å². The molecule has 0 radical (unpaired) electrons. The summed E-state index contributed by atoms with van der Waals surface area (Å²) in [5.41, 5.74) is 14.7. The van der Waals surface area contributed by atoms with E-state index in [1.54, 1.807) is 24.3 Å². The van der Waals surface area contributed by atoms with Crippen LogP contribution in [0.15, 0.2) is 84.8 Å². The first kappa shape index (κ1) is 15.8. The van der Waals surface area contributed by atoms with Gasteiger partial charge in [-0.2, -0.15) is 0 Å². The Kier molecular flexibility index (Phi) is 7.78. The topological polar surface area (TPSA) is 52.0 Å². The molecule has 0 spiro atoms. The van der Waals surface area contributed by atoms with E-state index in [2.05, 4.69) is 19.7 Å².